The van der Waals surface area contributed by atoms with Crippen molar-refractivity contribution in [1.82, 2.24) is 9.80 Å². The summed E-state index contributed by atoms with van der Waals surface area (Å²) in [6.07, 6.45) is 1.70. The van der Waals surface area contributed by atoms with E-state index in [4.69, 9.17) is 18.1 Å². The highest BCUT2D eigenvalue weighted by Gasteiger charge is 2.33. The second kappa shape index (κ2) is 14.3. The van der Waals surface area contributed by atoms with Crippen LogP contribution in [0.4, 0.5) is 0 Å². The molecule has 0 aromatic heterocycles. The third kappa shape index (κ3) is 11.8. The van der Waals surface area contributed by atoms with Crippen LogP contribution in [0.1, 0.15) is 40.5 Å². The lowest BCUT2D eigenvalue weighted by molar-refractivity contribution is 0.179. The average Bonchev–Trinajstić information content (AvgIpc) is 2.53. The molecule has 1 atom stereocenters. The van der Waals surface area contributed by atoms with Crippen LogP contribution < -0.4 is 0 Å². The number of nitrogens with zero attached hydrogens (tertiary/aromatic N) is 2. The molecule has 0 radical (unpaired) electrons. The SMILES string of the molecule is CCCOP(=O)(CN(CCCN(C)C)CP(=O)(OCC)OCC)OCC. The van der Waals surface area contributed by atoms with Crippen LogP contribution in [0.5, 0.6) is 0 Å². The lowest BCUT2D eigenvalue weighted by atomic mass is 10.4. The van der Waals surface area contributed by atoms with Gasteiger partial charge in [-0.05, 0) is 54.3 Å². The third-order valence-corrected chi connectivity index (χ3v) is 7.32. The van der Waals surface area contributed by atoms with Crippen molar-refractivity contribution in [2.75, 3.05) is 66.2 Å². The minimum atomic E-state index is -3.30. The van der Waals surface area contributed by atoms with E-state index < -0.39 is 15.2 Å². The largest absolute Gasteiger partial charge is 0.344 e. The van der Waals surface area contributed by atoms with Crippen molar-refractivity contribution >= 4 is 15.2 Å². The van der Waals surface area contributed by atoms with E-state index in [2.05, 4.69) is 4.90 Å². The van der Waals surface area contributed by atoms with Crippen molar-refractivity contribution < 1.29 is 27.2 Å². The highest BCUT2D eigenvalue weighted by atomic mass is 31.2. The Labute approximate surface area is 159 Å². The molecule has 10 heteroatoms. The molecule has 0 aliphatic carbocycles. The zero-order valence-corrected chi connectivity index (χ0v) is 19.1. The van der Waals surface area contributed by atoms with Crippen LogP contribution in [0.25, 0.3) is 0 Å². The predicted octanol–water partition coefficient (Wildman–Crippen LogP) is 4.08. The van der Waals surface area contributed by atoms with Gasteiger partial charge in [-0.15, -0.1) is 0 Å². The van der Waals surface area contributed by atoms with Crippen LogP contribution in [-0.4, -0.2) is 76.0 Å². The van der Waals surface area contributed by atoms with Crippen LogP contribution in [0, 0.1) is 0 Å². The van der Waals surface area contributed by atoms with E-state index >= 15 is 0 Å². The van der Waals surface area contributed by atoms with Crippen LogP contribution in [-0.2, 0) is 27.2 Å². The maximum absolute atomic E-state index is 13.0. The molecule has 0 aromatic carbocycles. The van der Waals surface area contributed by atoms with E-state index in [1.54, 1.807) is 20.8 Å². The number of hydrogen-bond acceptors (Lipinski definition) is 8. The second-order valence-corrected chi connectivity index (χ2v) is 10.2. The summed E-state index contributed by atoms with van der Waals surface area (Å²) >= 11 is 0. The number of rotatable bonds is 17. The first-order chi connectivity index (χ1) is 12.2. The minimum absolute atomic E-state index is 0.0641. The van der Waals surface area contributed by atoms with Crippen LogP contribution >= 0.6 is 15.2 Å². The molecular weight excluding hydrogens is 378 g/mol. The molecule has 0 fully saturated rings. The van der Waals surface area contributed by atoms with Gasteiger partial charge in [-0.1, -0.05) is 6.92 Å². The van der Waals surface area contributed by atoms with Crippen LogP contribution in [0.2, 0.25) is 0 Å². The molecule has 0 N–H and O–H groups in total. The maximum Gasteiger partial charge on any atom is 0.344 e. The Kier molecular flexibility index (Phi) is 14.4. The number of hydrogen-bond donors (Lipinski definition) is 0. The molecule has 0 aliphatic rings. The van der Waals surface area contributed by atoms with Crippen molar-refractivity contribution in [3.63, 3.8) is 0 Å². The first-order valence-corrected chi connectivity index (χ1v) is 12.8. The minimum Gasteiger partial charge on any atom is -0.309 e. The third-order valence-electron chi connectivity index (χ3n) is 3.30. The molecule has 8 nitrogen and oxygen atoms in total. The normalized spacial score (nSPS) is 14.9. The molecule has 0 saturated heterocycles. The van der Waals surface area contributed by atoms with E-state index in [-0.39, 0.29) is 25.8 Å². The monoisotopic (exact) mass is 416 g/mol. The first kappa shape index (κ1) is 26.2. The van der Waals surface area contributed by atoms with Crippen molar-refractivity contribution in [1.29, 1.82) is 0 Å². The van der Waals surface area contributed by atoms with Gasteiger partial charge >= 0.3 is 15.2 Å². The Hall–Kier alpha value is 0.220. The average molecular weight is 416 g/mol. The fourth-order valence-corrected chi connectivity index (χ4v) is 6.08. The van der Waals surface area contributed by atoms with E-state index in [0.717, 1.165) is 19.4 Å². The van der Waals surface area contributed by atoms with Gasteiger partial charge in [0, 0.05) is 6.54 Å². The van der Waals surface area contributed by atoms with Gasteiger partial charge in [-0.2, -0.15) is 0 Å². The van der Waals surface area contributed by atoms with Gasteiger partial charge in [0.25, 0.3) is 0 Å². The van der Waals surface area contributed by atoms with Gasteiger partial charge in [0.2, 0.25) is 0 Å². The predicted molar refractivity (Wildman–Crippen MR) is 106 cm³/mol. The van der Waals surface area contributed by atoms with Crippen molar-refractivity contribution in [3.05, 3.63) is 0 Å². The molecule has 158 valence electrons. The molecule has 0 amide bonds. The molecule has 1 unspecified atom stereocenters. The van der Waals surface area contributed by atoms with E-state index in [0.29, 0.717) is 19.8 Å². The van der Waals surface area contributed by atoms with Gasteiger partial charge in [0.15, 0.2) is 0 Å². The Morgan fingerprint density at radius 3 is 1.58 bits per heavy atom. The maximum atomic E-state index is 13.0. The summed E-state index contributed by atoms with van der Waals surface area (Å²) in [5, 5.41) is 0. The van der Waals surface area contributed by atoms with Crippen molar-refractivity contribution in [2.24, 2.45) is 0 Å². The molecule has 0 rings (SSSR count). The molecule has 0 aromatic rings. The van der Waals surface area contributed by atoms with E-state index in [9.17, 15) is 9.13 Å². The lowest BCUT2D eigenvalue weighted by Gasteiger charge is -2.29. The molecule has 0 spiro atoms. The highest BCUT2D eigenvalue weighted by Crippen LogP contribution is 2.53. The molecule has 26 heavy (non-hydrogen) atoms. The summed E-state index contributed by atoms with van der Waals surface area (Å²) in [4.78, 5) is 3.89. The molecular formula is C16H38N2O6P2. The van der Waals surface area contributed by atoms with Gasteiger partial charge in [-0.25, -0.2) is 0 Å². The molecule has 0 bridgehead atoms. The summed E-state index contributed by atoms with van der Waals surface area (Å²) in [7, 11) is -2.61. The molecule has 0 saturated carbocycles. The zero-order chi connectivity index (χ0) is 20.1. The quantitative estimate of drug-likeness (QED) is 0.328. The van der Waals surface area contributed by atoms with Crippen LogP contribution in [0.3, 0.4) is 0 Å². The van der Waals surface area contributed by atoms with Gasteiger partial charge < -0.3 is 23.0 Å². The summed E-state index contributed by atoms with van der Waals surface area (Å²) in [5.41, 5.74) is 0. The lowest BCUT2D eigenvalue weighted by Crippen LogP contribution is -2.31. The summed E-state index contributed by atoms with van der Waals surface area (Å²) < 4.78 is 47.7. The Morgan fingerprint density at radius 1 is 0.731 bits per heavy atom. The van der Waals surface area contributed by atoms with E-state index in [1.165, 1.54) is 0 Å². The van der Waals surface area contributed by atoms with Crippen molar-refractivity contribution in [3.8, 4) is 0 Å². The zero-order valence-electron chi connectivity index (χ0n) is 17.3. The Bertz CT molecular complexity index is 440. The molecule has 0 heterocycles. The van der Waals surface area contributed by atoms with Gasteiger partial charge in [0.1, 0.15) is 12.6 Å². The molecule has 0 aliphatic heterocycles. The Balaban J connectivity index is 5.21. The highest BCUT2D eigenvalue weighted by molar-refractivity contribution is 7.54. The summed E-state index contributed by atoms with van der Waals surface area (Å²) in [5.74, 6) is 0. The fourth-order valence-electron chi connectivity index (χ4n) is 2.34. The topological polar surface area (TPSA) is 77.5 Å². The standard InChI is InChI=1S/C16H38N2O6P2/c1-7-14-24-26(20,23-10-4)16-18(13-11-12-17(5)6)15-25(19,21-8-2)22-9-3/h7-16H2,1-6H3. The fraction of sp³-hybridized carbons (Fsp3) is 1.00. The smallest absolute Gasteiger partial charge is 0.309 e. The first-order valence-electron chi connectivity index (χ1n) is 9.37. The summed E-state index contributed by atoms with van der Waals surface area (Å²) in [6, 6.07) is 0. The van der Waals surface area contributed by atoms with Crippen LogP contribution in [0.15, 0.2) is 0 Å². The van der Waals surface area contributed by atoms with Gasteiger partial charge in [-0.3, -0.25) is 14.0 Å². The Morgan fingerprint density at radius 2 is 1.19 bits per heavy atom. The van der Waals surface area contributed by atoms with Crippen molar-refractivity contribution in [2.45, 2.75) is 40.5 Å². The summed E-state index contributed by atoms with van der Waals surface area (Å²) in [6.45, 7) is 9.96. The van der Waals surface area contributed by atoms with E-state index in [1.807, 2.05) is 25.9 Å². The second-order valence-electron chi connectivity index (χ2n) is 6.14. The van der Waals surface area contributed by atoms with Gasteiger partial charge in [0.05, 0.1) is 26.4 Å².